The molecule has 8 heteroatoms. The number of methoxy groups -OCH3 is 1. The molecule has 0 saturated heterocycles. The Morgan fingerprint density at radius 2 is 1.86 bits per heavy atom. The summed E-state index contributed by atoms with van der Waals surface area (Å²) in [6, 6.07) is 14.7. The first-order valence-corrected chi connectivity index (χ1v) is 12.8. The monoisotopic (exact) mass is 510 g/mol. The average molecular weight is 511 g/mol. The van der Waals surface area contributed by atoms with Crippen molar-refractivity contribution in [2.24, 2.45) is 0 Å². The number of thiophene rings is 1. The number of ether oxygens (including phenoxy) is 2. The Morgan fingerprint density at radius 3 is 2.56 bits per heavy atom. The second-order valence-corrected chi connectivity index (χ2v) is 10.7. The molecule has 2 aromatic carbocycles. The molecule has 2 heterocycles. The first-order valence-electron chi connectivity index (χ1n) is 11.9. The predicted octanol–water partition coefficient (Wildman–Crippen LogP) is 5.34. The van der Waals surface area contributed by atoms with Crippen LogP contribution in [0.1, 0.15) is 47.6 Å². The SMILES string of the molecule is COc1ccccc1OC[C@H]1c2ccsc2CCN1C(=O)CN(C(=O)c1cccc(F)c1)C(C)(C)C. The van der Waals surface area contributed by atoms with Gasteiger partial charge in [-0.3, -0.25) is 9.59 Å². The van der Waals surface area contributed by atoms with E-state index in [1.165, 1.54) is 28.0 Å². The van der Waals surface area contributed by atoms with Gasteiger partial charge in [-0.25, -0.2) is 4.39 Å². The van der Waals surface area contributed by atoms with Crippen molar-refractivity contribution in [1.82, 2.24) is 9.80 Å². The van der Waals surface area contributed by atoms with E-state index in [0.29, 0.717) is 18.0 Å². The summed E-state index contributed by atoms with van der Waals surface area (Å²) in [5.74, 6) is 0.171. The molecule has 1 aromatic heterocycles. The molecule has 1 aliphatic rings. The van der Waals surface area contributed by atoms with Gasteiger partial charge in [0.05, 0.1) is 13.2 Å². The molecule has 0 saturated carbocycles. The lowest BCUT2D eigenvalue weighted by Crippen LogP contribution is -2.53. The molecule has 1 aliphatic heterocycles. The average Bonchev–Trinajstić information content (AvgIpc) is 3.34. The zero-order chi connectivity index (χ0) is 25.9. The van der Waals surface area contributed by atoms with Crippen molar-refractivity contribution in [3.05, 3.63) is 81.8 Å². The van der Waals surface area contributed by atoms with Gasteiger partial charge in [0.2, 0.25) is 5.91 Å². The van der Waals surface area contributed by atoms with Gasteiger partial charge < -0.3 is 19.3 Å². The smallest absolute Gasteiger partial charge is 0.254 e. The van der Waals surface area contributed by atoms with Crippen molar-refractivity contribution in [2.45, 2.75) is 38.8 Å². The molecule has 0 spiro atoms. The van der Waals surface area contributed by atoms with Gasteiger partial charge in [0, 0.05) is 22.5 Å². The number of rotatable bonds is 7. The van der Waals surface area contributed by atoms with Crippen LogP contribution in [0.5, 0.6) is 11.5 Å². The molecule has 0 fully saturated rings. The van der Waals surface area contributed by atoms with Crippen LogP contribution in [0.15, 0.2) is 60.0 Å². The largest absolute Gasteiger partial charge is 0.493 e. The maximum atomic E-state index is 13.8. The number of hydrogen-bond donors (Lipinski definition) is 0. The van der Waals surface area contributed by atoms with Gasteiger partial charge in [0.15, 0.2) is 11.5 Å². The molecule has 6 nitrogen and oxygen atoms in total. The summed E-state index contributed by atoms with van der Waals surface area (Å²) in [7, 11) is 1.59. The Labute approximate surface area is 215 Å². The molecule has 190 valence electrons. The van der Waals surface area contributed by atoms with Crippen molar-refractivity contribution in [2.75, 3.05) is 26.8 Å². The van der Waals surface area contributed by atoms with Crippen molar-refractivity contribution < 1.29 is 23.5 Å². The maximum Gasteiger partial charge on any atom is 0.254 e. The number of nitrogens with zero attached hydrogens (tertiary/aromatic N) is 2. The first kappa shape index (κ1) is 25.7. The lowest BCUT2D eigenvalue weighted by atomic mass is 9.99. The number of para-hydroxylation sites is 2. The fourth-order valence-corrected chi connectivity index (χ4v) is 5.33. The summed E-state index contributed by atoms with van der Waals surface area (Å²) in [4.78, 5) is 31.6. The van der Waals surface area contributed by atoms with E-state index in [0.717, 1.165) is 12.0 Å². The number of carbonyl (C=O) groups excluding carboxylic acids is 2. The summed E-state index contributed by atoms with van der Waals surface area (Å²) in [6.45, 7) is 6.26. The van der Waals surface area contributed by atoms with E-state index < -0.39 is 11.4 Å². The van der Waals surface area contributed by atoms with Crippen molar-refractivity contribution in [3.8, 4) is 11.5 Å². The third kappa shape index (κ3) is 5.54. The zero-order valence-corrected chi connectivity index (χ0v) is 21.8. The number of carbonyl (C=O) groups is 2. The van der Waals surface area contributed by atoms with Gasteiger partial charge in [-0.1, -0.05) is 18.2 Å². The Kier molecular flexibility index (Phi) is 7.64. The van der Waals surface area contributed by atoms with Crippen LogP contribution in [-0.4, -0.2) is 54.0 Å². The normalized spacial score (nSPS) is 15.2. The van der Waals surface area contributed by atoms with Crippen LogP contribution in [0.3, 0.4) is 0 Å². The lowest BCUT2D eigenvalue weighted by Gasteiger charge is -2.40. The summed E-state index contributed by atoms with van der Waals surface area (Å²) < 4.78 is 25.4. The minimum Gasteiger partial charge on any atom is -0.493 e. The molecule has 0 aliphatic carbocycles. The Hall–Kier alpha value is -3.39. The van der Waals surface area contributed by atoms with Crippen molar-refractivity contribution in [1.29, 1.82) is 0 Å². The molecule has 0 unspecified atom stereocenters. The summed E-state index contributed by atoms with van der Waals surface area (Å²) in [6.07, 6.45) is 0.747. The second kappa shape index (κ2) is 10.7. The highest BCUT2D eigenvalue weighted by Crippen LogP contribution is 2.35. The molecule has 0 N–H and O–H groups in total. The quantitative estimate of drug-likeness (QED) is 0.431. The standard InChI is InChI=1S/C28H31FN2O4S/c1-28(2,3)31(27(33)19-8-7-9-20(29)16-19)17-26(32)30-14-12-25-21(13-15-36-25)22(30)18-35-24-11-6-5-10-23(24)34-4/h5-11,13,15-16,22H,12,14,17-18H2,1-4H3/t22-/m0/s1. The highest BCUT2D eigenvalue weighted by atomic mass is 32.1. The van der Waals surface area contributed by atoms with Gasteiger partial charge >= 0.3 is 0 Å². The zero-order valence-electron chi connectivity index (χ0n) is 21.0. The van der Waals surface area contributed by atoms with Crippen LogP contribution >= 0.6 is 11.3 Å². The van der Waals surface area contributed by atoms with Crippen LogP contribution in [0.2, 0.25) is 0 Å². The lowest BCUT2D eigenvalue weighted by molar-refractivity contribution is -0.136. The molecule has 0 bridgehead atoms. The maximum absolute atomic E-state index is 13.8. The van der Waals surface area contributed by atoms with Crippen LogP contribution in [0, 0.1) is 5.82 Å². The highest BCUT2D eigenvalue weighted by Gasteiger charge is 2.36. The Balaban J connectivity index is 1.58. The molecule has 0 radical (unpaired) electrons. The molecule has 1 atom stereocenters. The number of halogens is 1. The highest BCUT2D eigenvalue weighted by molar-refractivity contribution is 7.10. The number of fused-ring (bicyclic) bond motifs is 1. The fraction of sp³-hybridized carbons (Fsp3) is 0.357. The number of hydrogen-bond acceptors (Lipinski definition) is 5. The number of amides is 2. The molecule has 4 rings (SSSR count). The Morgan fingerprint density at radius 1 is 1.11 bits per heavy atom. The third-order valence-electron chi connectivity index (χ3n) is 6.30. The van der Waals surface area contributed by atoms with Crippen LogP contribution < -0.4 is 9.47 Å². The van der Waals surface area contributed by atoms with E-state index in [1.54, 1.807) is 29.4 Å². The van der Waals surface area contributed by atoms with Crippen molar-refractivity contribution >= 4 is 23.2 Å². The molecular formula is C28H31FN2O4S. The van der Waals surface area contributed by atoms with Gasteiger partial charge in [-0.15, -0.1) is 11.3 Å². The van der Waals surface area contributed by atoms with Crippen LogP contribution in [0.4, 0.5) is 4.39 Å². The summed E-state index contributed by atoms with van der Waals surface area (Å²) in [5.41, 5.74) is 0.631. The van der Waals surface area contributed by atoms with Gasteiger partial charge in [-0.2, -0.15) is 0 Å². The molecule has 36 heavy (non-hydrogen) atoms. The van der Waals surface area contributed by atoms with E-state index in [2.05, 4.69) is 0 Å². The van der Waals surface area contributed by atoms with Gasteiger partial charge in [-0.05, 0) is 74.5 Å². The van der Waals surface area contributed by atoms with E-state index in [-0.39, 0.29) is 36.6 Å². The van der Waals surface area contributed by atoms with Gasteiger partial charge in [0.25, 0.3) is 5.91 Å². The minimum absolute atomic E-state index is 0.122. The third-order valence-corrected chi connectivity index (χ3v) is 7.30. The molecule has 2 amide bonds. The Bertz CT molecular complexity index is 1240. The number of benzene rings is 2. The summed E-state index contributed by atoms with van der Waals surface area (Å²) in [5, 5.41) is 2.03. The molecule has 3 aromatic rings. The van der Waals surface area contributed by atoms with E-state index in [9.17, 15) is 14.0 Å². The first-order chi connectivity index (χ1) is 17.2. The van der Waals surface area contributed by atoms with Crippen LogP contribution in [-0.2, 0) is 11.2 Å². The van der Waals surface area contributed by atoms with Gasteiger partial charge in [0.1, 0.15) is 19.0 Å². The minimum atomic E-state index is -0.647. The summed E-state index contributed by atoms with van der Waals surface area (Å²) >= 11 is 1.68. The van der Waals surface area contributed by atoms with E-state index in [1.807, 2.05) is 56.5 Å². The second-order valence-electron chi connectivity index (χ2n) is 9.69. The van der Waals surface area contributed by atoms with E-state index in [4.69, 9.17) is 9.47 Å². The van der Waals surface area contributed by atoms with E-state index >= 15 is 0 Å². The fourth-order valence-electron chi connectivity index (χ4n) is 4.40. The predicted molar refractivity (Wildman–Crippen MR) is 138 cm³/mol. The topological polar surface area (TPSA) is 59.1 Å². The molecular weight excluding hydrogens is 479 g/mol. The van der Waals surface area contributed by atoms with Crippen molar-refractivity contribution in [3.63, 3.8) is 0 Å². The van der Waals surface area contributed by atoms with Crippen LogP contribution in [0.25, 0.3) is 0 Å².